The Bertz CT molecular complexity index is 552. The molecule has 1 N–H and O–H groups in total. The zero-order chi connectivity index (χ0) is 14.8. The molecule has 20 heavy (non-hydrogen) atoms. The van der Waals surface area contributed by atoms with Crippen LogP contribution in [0.1, 0.15) is 56.2 Å². The number of nitrogens with zero attached hydrogens (tertiary/aromatic N) is 4. The second-order valence-corrected chi connectivity index (χ2v) is 7.09. The summed E-state index contributed by atoms with van der Waals surface area (Å²) in [5, 5.41) is 13.0. The van der Waals surface area contributed by atoms with Crippen LogP contribution in [0.2, 0.25) is 0 Å². The van der Waals surface area contributed by atoms with Crippen LogP contribution >= 0.6 is 11.3 Å². The van der Waals surface area contributed by atoms with Crippen molar-refractivity contribution in [3.63, 3.8) is 0 Å². The third kappa shape index (κ3) is 3.64. The highest BCUT2D eigenvalue weighted by atomic mass is 32.1. The fraction of sp³-hybridized carbons (Fsp3) is 0.643. The van der Waals surface area contributed by atoms with E-state index in [9.17, 15) is 0 Å². The van der Waals surface area contributed by atoms with Gasteiger partial charge in [-0.25, -0.2) is 9.67 Å². The Hall–Kier alpha value is -1.27. The van der Waals surface area contributed by atoms with Gasteiger partial charge >= 0.3 is 0 Å². The van der Waals surface area contributed by atoms with Crippen LogP contribution in [0.25, 0.3) is 0 Å². The molecule has 2 aromatic heterocycles. The minimum atomic E-state index is -0.0256. The molecule has 6 heteroatoms. The van der Waals surface area contributed by atoms with Gasteiger partial charge < -0.3 is 5.32 Å². The lowest BCUT2D eigenvalue weighted by Crippen LogP contribution is -2.22. The third-order valence-electron chi connectivity index (χ3n) is 3.11. The van der Waals surface area contributed by atoms with Gasteiger partial charge in [0, 0.05) is 17.6 Å². The molecule has 110 valence electrons. The first kappa shape index (κ1) is 15.1. The van der Waals surface area contributed by atoms with Crippen molar-refractivity contribution in [3.8, 4) is 0 Å². The van der Waals surface area contributed by atoms with Gasteiger partial charge in [-0.1, -0.05) is 12.1 Å². The number of nitrogens with one attached hydrogen (secondary N) is 1. The average Bonchev–Trinajstić information content (AvgIpc) is 3.04. The second kappa shape index (κ2) is 6.01. The molecule has 0 saturated carbocycles. The summed E-state index contributed by atoms with van der Waals surface area (Å²) in [4.78, 5) is 5.78. The number of hydrogen-bond acceptors (Lipinski definition) is 5. The maximum Gasteiger partial charge on any atom is 0.109 e. The van der Waals surface area contributed by atoms with Crippen LogP contribution < -0.4 is 5.32 Å². The van der Waals surface area contributed by atoms with Gasteiger partial charge in [-0.3, -0.25) is 0 Å². The molecular formula is C14H23N5S. The van der Waals surface area contributed by atoms with Crippen molar-refractivity contribution in [2.75, 3.05) is 0 Å². The number of thiazole rings is 1. The number of aromatic nitrogens is 4. The minimum absolute atomic E-state index is 0.0256. The maximum absolute atomic E-state index is 4.46. The Morgan fingerprint density at radius 2 is 2.15 bits per heavy atom. The van der Waals surface area contributed by atoms with Gasteiger partial charge in [0.2, 0.25) is 0 Å². The van der Waals surface area contributed by atoms with E-state index < -0.39 is 0 Å². The van der Waals surface area contributed by atoms with Gasteiger partial charge in [-0.15, -0.1) is 16.4 Å². The topological polar surface area (TPSA) is 55.6 Å². The number of rotatable bonds is 5. The van der Waals surface area contributed by atoms with Crippen LogP contribution in [0.5, 0.6) is 0 Å². The molecule has 2 heterocycles. The van der Waals surface area contributed by atoms with E-state index in [1.165, 1.54) is 4.88 Å². The van der Waals surface area contributed by atoms with Crippen molar-refractivity contribution < 1.29 is 0 Å². The molecule has 0 saturated heterocycles. The van der Waals surface area contributed by atoms with Gasteiger partial charge in [0.25, 0.3) is 0 Å². The first-order chi connectivity index (χ1) is 9.40. The molecule has 1 atom stereocenters. The Labute approximate surface area is 124 Å². The fourth-order valence-electron chi connectivity index (χ4n) is 1.74. The van der Waals surface area contributed by atoms with E-state index >= 15 is 0 Å². The molecule has 1 unspecified atom stereocenters. The number of hydrogen-bond donors (Lipinski definition) is 1. The molecule has 0 radical (unpaired) electrons. The van der Waals surface area contributed by atoms with Gasteiger partial charge in [0.1, 0.15) is 5.01 Å². The molecule has 0 aliphatic carbocycles. The lowest BCUT2D eigenvalue weighted by atomic mass is 10.1. The van der Waals surface area contributed by atoms with E-state index in [1.807, 2.05) is 17.1 Å². The Kier molecular flexibility index (Phi) is 4.55. The lowest BCUT2D eigenvalue weighted by Gasteiger charge is -2.17. The lowest BCUT2D eigenvalue weighted by molar-refractivity contribution is 0.347. The van der Waals surface area contributed by atoms with E-state index in [0.717, 1.165) is 17.1 Å². The van der Waals surface area contributed by atoms with Crippen molar-refractivity contribution in [1.29, 1.82) is 0 Å². The molecule has 0 bridgehead atoms. The van der Waals surface area contributed by atoms with Gasteiger partial charge in [-0.05, 0) is 34.1 Å². The summed E-state index contributed by atoms with van der Waals surface area (Å²) >= 11 is 1.77. The van der Waals surface area contributed by atoms with E-state index in [4.69, 9.17) is 0 Å². The van der Waals surface area contributed by atoms with Crippen molar-refractivity contribution in [1.82, 2.24) is 25.3 Å². The largest absolute Gasteiger partial charge is 0.302 e. The monoisotopic (exact) mass is 293 g/mol. The smallest absolute Gasteiger partial charge is 0.109 e. The molecule has 0 fully saturated rings. The highest BCUT2D eigenvalue weighted by Crippen LogP contribution is 2.20. The Morgan fingerprint density at radius 3 is 2.70 bits per heavy atom. The third-order valence-corrected chi connectivity index (χ3v) is 4.43. The van der Waals surface area contributed by atoms with Crippen LogP contribution in [0.4, 0.5) is 0 Å². The van der Waals surface area contributed by atoms with E-state index in [1.54, 1.807) is 11.3 Å². The van der Waals surface area contributed by atoms with Crippen LogP contribution in [0.3, 0.4) is 0 Å². The van der Waals surface area contributed by atoms with Crippen molar-refractivity contribution in [2.24, 2.45) is 0 Å². The quantitative estimate of drug-likeness (QED) is 0.921. The maximum atomic E-state index is 4.46. The zero-order valence-corrected chi connectivity index (χ0v) is 13.7. The van der Waals surface area contributed by atoms with Crippen LogP contribution in [0.15, 0.2) is 12.4 Å². The van der Waals surface area contributed by atoms with E-state index in [0.29, 0.717) is 6.54 Å². The highest BCUT2D eigenvalue weighted by molar-refractivity contribution is 7.11. The zero-order valence-electron chi connectivity index (χ0n) is 12.8. The summed E-state index contributed by atoms with van der Waals surface area (Å²) in [5.41, 5.74) is 0.932. The summed E-state index contributed by atoms with van der Waals surface area (Å²) in [5.74, 6) is 0. The Balaban J connectivity index is 1.93. The minimum Gasteiger partial charge on any atom is -0.302 e. The molecular weight excluding hydrogens is 270 g/mol. The normalized spacial score (nSPS) is 13.7. The van der Waals surface area contributed by atoms with Gasteiger partial charge in [-0.2, -0.15) is 0 Å². The summed E-state index contributed by atoms with van der Waals surface area (Å²) in [6, 6.07) is 0.236. The van der Waals surface area contributed by atoms with Crippen LogP contribution in [-0.4, -0.2) is 20.0 Å². The highest BCUT2D eigenvalue weighted by Gasteiger charge is 2.16. The van der Waals surface area contributed by atoms with Gasteiger partial charge in [0.05, 0.1) is 23.5 Å². The summed E-state index contributed by atoms with van der Waals surface area (Å²) in [7, 11) is 0. The standard InChI is InChI=1S/C14H23N5S/c1-6-12-8-16-13(20-12)10(2)15-7-11-9-19(18-17-11)14(3,4)5/h8-10,15H,6-7H2,1-5H3. The number of aryl methyl sites for hydroxylation is 1. The molecule has 0 aliphatic heterocycles. The summed E-state index contributed by atoms with van der Waals surface area (Å²) in [6.45, 7) is 11.3. The van der Waals surface area contributed by atoms with Crippen molar-refractivity contribution in [3.05, 3.63) is 28.0 Å². The molecule has 0 amide bonds. The molecule has 2 aromatic rings. The van der Waals surface area contributed by atoms with E-state index in [-0.39, 0.29) is 11.6 Å². The van der Waals surface area contributed by atoms with Crippen molar-refractivity contribution in [2.45, 2.75) is 59.2 Å². The first-order valence-electron chi connectivity index (χ1n) is 7.00. The first-order valence-corrected chi connectivity index (χ1v) is 7.81. The predicted molar refractivity (Wildman–Crippen MR) is 81.8 cm³/mol. The molecule has 0 aliphatic rings. The van der Waals surface area contributed by atoms with E-state index in [2.05, 4.69) is 55.2 Å². The van der Waals surface area contributed by atoms with Gasteiger partial charge in [0.15, 0.2) is 0 Å². The Morgan fingerprint density at radius 1 is 1.40 bits per heavy atom. The van der Waals surface area contributed by atoms with Crippen molar-refractivity contribution >= 4 is 11.3 Å². The van der Waals surface area contributed by atoms with Crippen LogP contribution in [-0.2, 0) is 18.5 Å². The predicted octanol–water partition coefficient (Wildman–Crippen LogP) is 2.90. The SMILES string of the molecule is CCc1cnc(C(C)NCc2cn(C(C)(C)C)nn2)s1. The molecule has 5 nitrogen and oxygen atoms in total. The average molecular weight is 293 g/mol. The summed E-state index contributed by atoms with van der Waals surface area (Å²) in [6.07, 6.45) is 5.01. The molecule has 2 rings (SSSR count). The fourth-order valence-corrected chi connectivity index (χ4v) is 2.62. The van der Waals surface area contributed by atoms with Crippen LogP contribution in [0, 0.1) is 0 Å². The molecule has 0 aromatic carbocycles. The summed E-state index contributed by atoms with van der Waals surface area (Å²) < 4.78 is 1.90. The molecule has 0 spiro atoms. The second-order valence-electron chi connectivity index (χ2n) is 5.95.